The monoisotopic (exact) mass is 1640 g/mol. The number of ketones is 3. The predicted octanol–water partition coefficient (Wildman–Crippen LogP) is 10.6. The number of nitrogens with one attached hydrogen (secondary N) is 5. The number of primary amides is 1. The van der Waals surface area contributed by atoms with Gasteiger partial charge in [0, 0.05) is 49.3 Å². The van der Waals surface area contributed by atoms with Crippen LogP contribution >= 0.6 is 23.2 Å². The van der Waals surface area contributed by atoms with Crippen molar-refractivity contribution in [3.8, 4) is 57.1 Å². The Hall–Kier alpha value is -8.48. The zero-order valence-electron chi connectivity index (χ0n) is 65.9. The topological polar surface area (TPSA) is 442 Å². The first-order chi connectivity index (χ1) is 55.5. The van der Waals surface area contributed by atoms with Crippen molar-refractivity contribution in [2.45, 2.75) is 248 Å². The highest BCUT2D eigenvalue weighted by atomic mass is 35.5. The van der Waals surface area contributed by atoms with Crippen molar-refractivity contribution < 1.29 is 103 Å². The van der Waals surface area contributed by atoms with Crippen molar-refractivity contribution in [3.63, 3.8) is 0 Å². The van der Waals surface area contributed by atoms with Crippen LogP contribution in [0.5, 0.6) is 46.0 Å². The molecule has 116 heavy (non-hydrogen) atoms. The van der Waals surface area contributed by atoms with Gasteiger partial charge < -0.3 is 97.2 Å². The SMILES string of the molecule is CCCCCCCCCCCCCNCc1c(O)cc2c(c1O)-c1cc(ccc1O)[C@H]1CC(=O)[C@@H]3NC(=O)[C@H](CC(N)=O)CC(=O)[C@H](NC(=O)[C@H](CC)CC(C)C)[C@H](O)c4ccc(c(Cl)c4)Oc4cc3cc(c4O[C@@H]3O[C@H](CO)[C@@H](O)[C@H](O)[C@H]3O)Oc3ccc(cc3Cl)[C@@H](O)[C@H](NC1=O)C(=O)N[C@@H]2C(=O)CC1C2CC3CC(C2)CC1C3. The number of rotatable bonds is 27. The first-order valence-electron chi connectivity index (χ1n) is 41.2. The van der Waals surface area contributed by atoms with Gasteiger partial charge in [-0.1, -0.05) is 133 Å². The minimum atomic E-state index is -2.14. The van der Waals surface area contributed by atoms with Crippen molar-refractivity contribution in [1.29, 1.82) is 0 Å². The number of phenols is 3. The molecule has 0 radical (unpaired) electrons. The lowest BCUT2D eigenvalue weighted by Crippen LogP contribution is -2.60. The number of nitrogens with two attached hydrogens (primary N) is 1. The molecular formula is C87H110Cl2N6O21. The van der Waals surface area contributed by atoms with Crippen LogP contribution in [0.4, 0.5) is 0 Å². The Kier molecular flexibility index (Phi) is 28.8. The van der Waals surface area contributed by atoms with Crippen LogP contribution in [-0.4, -0.2) is 149 Å². The number of phenolic OH excluding ortho intramolecular Hbond substituents is 3. The van der Waals surface area contributed by atoms with E-state index in [9.17, 15) is 55.5 Å². The summed E-state index contributed by atoms with van der Waals surface area (Å²) >= 11 is 14.3. The molecule has 0 aromatic heterocycles. The maximum Gasteiger partial charge on any atom is 0.246 e. The lowest BCUT2D eigenvalue weighted by atomic mass is 9.51. The van der Waals surface area contributed by atoms with Crippen molar-refractivity contribution in [2.75, 3.05) is 13.2 Å². The van der Waals surface area contributed by atoms with Gasteiger partial charge in [-0.2, -0.15) is 0 Å². The van der Waals surface area contributed by atoms with E-state index in [1.54, 1.807) is 6.92 Å². The third-order valence-electron chi connectivity index (χ3n) is 24.7. The quantitative estimate of drug-likeness (QED) is 0.0217. The smallest absolute Gasteiger partial charge is 0.246 e. The molecule has 4 saturated carbocycles. The maximum atomic E-state index is 16.5. The van der Waals surface area contributed by atoms with E-state index in [0.717, 1.165) is 76.3 Å². The number of aromatic hydroxyl groups is 3. The third kappa shape index (κ3) is 19.8. The van der Waals surface area contributed by atoms with Gasteiger partial charge in [0.05, 0.1) is 34.1 Å². The molecule has 5 fully saturated rings. The standard InChI is InChI=1S/C87H110Cl2N6O21/c1-5-7-8-9-10-11-12-13-14-15-16-23-91-40-57-61(98)39-56-71(78(57)105)55-30-46(17-20-60(55)97)54-38-63(100)72-51-34-67(113-65-21-18-47(31-58(65)88)76(103)74(94-83(109)45(6-2)24-42(3)4)62(99)33-52(36-70(90)102)84(110)92-72)82(116-87-81(108)80(107)79(106)69(41-96)115-87)68(35-51)114-66-22-19-48(32-59(66)89)77(104)75(95-85(54)111)86(112)93-73(56)64(101)37-53-49-26-43-25-44(28-49)29-50(53)27-43/h17-22,30-32,34-35,39,42-45,49-50,52-54,69,72-77,79-81,87,91,96-98,103-108H,5-16,23-29,33,36-38,40-41H2,1-4H3,(H2,90,102)(H,92,110)(H,93,112)(H,94,109)(H,95,111)/t43?,44?,45-,49?,50?,52+,53?,54-,69-,72-,73+,74+,75+,76-,77-,79-,80+,81-,87+/m1/s1. The molecule has 16 N–H and O–H groups in total. The molecule has 14 atom stereocenters. The Labute approximate surface area is 684 Å². The lowest BCUT2D eigenvalue weighted by Gasteiger charge is -2.54. The summed E-state index contributed by atoms with van der Waals surface area (Å²) < 4.78 is 25.6. The minimum absolute atomic E-state index is 0.00331. The summed E-state index contributed by atoms with van der Waals surface area (Å²) in [6.07, 6.45) is 1.05. The van der Waals surface area contributed by atoms with E-state index in [2.05, 4.69) is 33.5 Å². The van der Waals surface area contributed by atoms with Gasteiger partial charge in [0.1, 0.15) is 89.5 Å². The summed E-state index contributed by atoms with van der Waals surface area (Å²) in [5, 5.41) is 121. The first-order valence-corrected chi connectivity index (χ1v) is 41.9. The second-order valence-electron chi connectivity index (χ2n) is 33.4. The van der Waals surface area contributed by atoms with Crippen LogP contribution in [0.3, 0.4) is 0 Å². The normalized spacial score (nSPS) is 28.1. The summed E-state index contributed by atoms with van der Waals surface area (Å²) in [6, 6.07) is 6.90. The third-order valence-corrected chi connectivity index (χ3v) is 25.3. The van der Waals surface area contributed by atoms with E-state index >= 15 is 28.8 Å². The number of unbranched alkanes of at least 4 members (excludes halogenated alkanes) is 10. The van der Waals surface area contributed by atoms with Gasteiger partial charge in [-0.3, -0.25) is 38.4 Å². The van der Waals surface area contributed by atoms with Gasteiger partial charge in [0.15, 0.2) is 28.8 Å². The van der Waals surface area contributed by atoms with Crippen LogP contribution in [-0.2, 0) is 49.6 Å². The van der Waals surface area contributed by atoms with Crippen LogP contribution in [0, 0.1) is 47.3 Å². The van der Waals surface area contributed by atoms with Crippen molar-refractivity contribution in [2.24, 2.45) is 53.1 Å². The summed E-state index contributed by atoms with van der Waals surface area (Å²) in [7, 11) is 0. The molecule has 29 heteroatoms. The number of carbonyl (C=O) groups is 8. The minimum Gasteiger partial charge on any atom is -0.507 e. The van der Waals surface area contributed by atoms with Crippen molar-refractivity contribution in [3.05, 3.63) is 116 Å². The van der Waals surface area contributed by atoms with Gasteiger partial charge >= 0.3 is 0 Å². The molecule has 4 aliphatic carbocycles. The average Bonchev–Trinajstić information content (AvgIpc) is 0.758. The van der Waals surface area contributed by atoms with E-state index in [0.29, 0.717) is 31.2 Å². The zero-order chi connectivity index (χ0) is 83.1. The number of carbonyl (C=O) groups excluding carboxylic acids is 8. The molecule has 5 aromatic rings. The molecule has 1 saturated heterocycles. The van der Waals surface area contributed by atoms with E-state index in [4.69, 9.17) is 47.9 Å². The molecule has 5 aromatic carbocycles. The van der Waals surface area contributed by atoms with Gasteiger partial charge in [0.25, 0.3) is 0 Å². The number of fused-ring (bicyclic) bond motifs is 15. The highest BCUT2D eigenvalue weighted by molar-refractivity contribution is 6.32. The van der Waals surface area contributed by atoms with Crippen LogP contribution in [0.25, 0.3) is 11.1 Å². The Bertz CT molecular complexity index is 4420. The van der Waals surface area contributed by atoms with Gasteiger partial charge in [-0.15, -0.1) is 0 Å². The van der Waals surface area contributed by atoms with Gasteiger partial charge in [-0.25, -0.2) is 0 Å². The number of hydrogen-bond acceptors (Lipinski definition) is 22. The fraction of sp³-hybridized carbons (Fsp3) is 0.563. The lowest BCUT2D eigenvalue weighted by molar-refractivity contribution is -0.277. The molecule has 10 aliphatic rings. The Balaban J connectivity index is 1.02. The molecule has 0 unspecified atom stereocenters. The van der Waals surface area contributed by atoms with E-state index in [1.807, 2.05) is 13.8 Å². The number of aliphatic hydroxyl groups is 6. The number of hydrogen-bond donors (Lipinski definition) is 15. The second-order valence-corrected chi connectivity index (χ2v) is 34.2. The van der Waals surface area contributed by atoms with E-state index in [-0.39, 0.29) is 103 Å². The van der Waals surface area contributed by atoms with Crippen LogP contribution in [0.1, 0.15) is 233 Å². The van der Waals surface area contributed by atoms with Crippen LogP contribution in [0.15, 0.2) is 72.8 Å². The summed E-state index contributed by atoms with van der Waals surface area (Å²) in [5.41, 5.74) is 4.55. The van der Waals surface area contributed by atoms with E-state index < -0.39 is 192 Å². The average molecular weight is 1650 g/mol. The van der Waals surface area contributed by atoms with Crippen LogP contribution < -0.4 is 46.5 Å². The molecule has 6 aliphatic heterocycles. The van der Waals surface area contributed by atoms with E-state index in [1.165, 1.54) is 99.2 Å². The van der Waals surface area contributed by atoms with Crippen LogP contribution in [0.2, 0.25) is 10.0 Å². The number of ether oxygens (including phenoxy) is 4. The molecule has 27 nitrogen and oxygen atoms in total. The molecule has 6 heterocycles. The van der Waals surface area contributed by atoms with Crippen molar-refractivity contribution in [1.82, 2.24) is 26.6 Å². The maximum absolute atomic E-state index is 16.5. The molecule has 628 valence electrons. The van der Waals surface area contributed by atoms with Gasteiger partial charge in [-0.05, 0) is 176 Å². The van der Waals surface area contributed by atoms with Gasteiger partial charge in [0.2, 0.25) is 41.6 Å². The number of aliphatic hydroxyl groups excluding tert-OH is 6. The number of amides is 5. The summed E-state index contributed by atoms with van der Waals surface area (Å²) in [6.45, 7) is 7.18. The first kappa shape index (κ1) is 86.8. The summed E-state index contributed by atoms with van der Waals surface area (Å²) in [4.78, 5) is 123. The molecular weight excluding hydrogens is 1540 g/mol. The Morgan fingerprint density at radius 3 is 1.82 bits per heavy atom. The number of Topliss-reactive ketones (excluding diaryl/α,β-unsaturated/α-hetero) is 3. The largest absolute Gasteiger partial charge is 0.507 e. The Morgan fingerprint density at radius 2 is 1.23 bits per heavy atom. The number of halogens is 2. The molecule has 0 spiro atoms. The fourth-order valence-corrected chi connectivity index (χ4v) is 19.1. The number of benzene rings is 5. The zero-order valence-corrected chi connectivity index (χ0v) is 67.4. The fourth-order valence-electron chi connectivity index (χ4n) is 18.6. The molecule has 15 bridgehead atoms. The highest BCUT2D eigenvalue weighted by Gasteiger charge is 2.51. The second kappa shape index (κ2) is 38.5. The highest BCUT2D eigenvalue weighted by Crippen LogP contribution is 2.59. The Morgan fingerprint density at radius 1 is 0.629 bits per heavy atom. The summed E-state index contributed by atoms with van der Waals surface area (Å²) in [5.74, 6) is -14.8. The predicted molar refractivity (Wildman–Crippen MR) is 427 cm³/mol. The molecule has 15 rings (SSSR count). The van der Waals surface area contributed by atoms with Crippen molar-refractivity contribution >= 4 is 70.1 Å². The molecule has 5 amide bonds.